The molecule has 0 unspecified atom stereocenters. The van der Waals surface area contributed by atoms with Crippen LogP contribution in [0.15, 0.2) is 34.7 Å². The maximum absolute atomic E-state index is 11.7. The standard InChI is InChI=1S/C12H10ClN3OS2/c1-18-12-16-15-11(19-12)14-10(17)6-5-8-3-2-4-9(13)7-8/h2-7H,1H3,(H,14,15,17)/b6-5+. The quantitative estimate of drug-likeness (QED) is 0.533. The van der Waals surface area contributed by atoms with Gasteiger partial charge in [0.2, 0.25) is 11.0 Å². The highest BCUT2D eigenvalue weighted by molar-refractivity contribution is 8.00. The Kier molecular flexibility index (Phi) is 4.95. The number of amides is 1. The van der Waals surface area contributed by atoms with Gasteiger partial charge in [0.05, 0.1) is 0 Å². The molecule has 0 saturated heterocycles. The summed E-state index contributed by atoms with van der Waals surface area (Å²) in [6.45, 7) is 0. The molecule has 98 valence electrons. The lowest BCUT2D eigenvalue weighted by Crippen LogP contribution is -2.07. The minimum absolute atomic E-state index is 0.247. The van der Waals surface area contributed by atoms with Crippen LogP contribution in [0.5, 0.6) is 0 Å². The number of hydrogen-bond donors (Lipinski definition) is 1. The Morgan fingerprint density at radius 1 is 1.47 bits per heavy atom. The van der Waals surface area contributed by atoms with Crippen molar-refractivity contribution in [1.82, 2.24) is 10.2 Å². The summed E-state index contributed by atoms with van der Waals surface area (Å²) < 4.78 is 0.814. The molecule has 2 rings (SSSR count). The second-order valence-electron chi connectivity index (χ2n) is 3.45. The summed E-state index contributed by atoms with van der Waals surface area (Å²) in [6.07, 6.45) is 5.04. The number of nitrogens with one attached hydrogen (secondary N) is 1. The molecule has 1 N–H and O–H groups in total. The van der Waals surface area contributed by atoms with Crippen LogP contribution in [0.2, 0.25) is 5.02 Å². The Balaban J connectivity index is 1.97. The summed E-state index contributed by atoms with van der Waals surface area (Å²) in [5.74, 6) is -0.247. The van der Waals surface area contributed by atoms with Gasteiger partial charge in [-0.1, -0.05) is 46.8 Å². The Labute approximate surface area is 123 Å². The van der Waals surface area contributed by atoms with Gasteiger partial charge in [-0.3, -0.25) is 10.1 Å². The first-order valence-corrected chi connectivity index (χ1v) is 7.71. The van der Waals surface area contributed by atoms with E-state index >= 15 is 0 Å². The number of halogens is 1. The van der Waals surface area contributed by atoms with Gasteiger partial charge >= 0.3 is 0 Å². The van der Waals surface area contributed by atoms with Crippen LogP contribution in [0.1, 0.15) is 5.56 Å². The maximum atomic E-state index is 11.7. The molecule has 0 atom stereocenters. The number of anilines is 1. The highest BCUT2D eigenvalue weighted by Gasteiger charge is 2.04. The van der Waals surface area contributed by atoms with Crippen molar-refractivity contribution in [2.24, 2.45) is 0 Å². The minimum atomic E-state index is -0.247. The third-order valence-corrected chi connectivity index (χ3v) is 4.14. The molecule has 19 heavy (non-hydrogen) atoms. The van der Waals surface area contributed by atoms with E-state index in [0.29, 0.717) is 10.2 Å². The summed E-state index contributed by atoms with van der Waals surface area (Å²) in [5.41, 5.74) is 0.865. The van der Waals surface area contributed by atoms with Gasteiger partial charge < -0.3 is 0 Å². The lowest BCUT2D eigenvalue weighted by atomic mass is 10.2. The molecule has 2 aromatic rings. The highest BCUT2D eigenvalue weighted by Crippen LogP contribution is 2.23. The zero-order valence-corrected chi connectivity index (χ0v) is 12.4. The van der Waals surface area contributed by atoms with Crippen molar-refractivity contribution in [2.45, 2.75) is 4.34 Å². The summed E-state index contributed by atoms with van der Waals surface area (Å²) in [5, 5.41) is 11.5. The van der Waals surface area contributed by atoms with Crippen molar-refractivity contribution in [3.63, 3.8) is 0 Å². The second kappa shape index (κ2) is 6.70. The molecule has 1 aromatic carbocycles. The molecule has 1 amide bonds. The summed E-state index contributed by atoms with van der Waals surface area (Å²) >= 11 is 8.68. The molecule has 1 heterocycles. The number of carbonyl (C=O) groups excluding carboxylic acids is 1. The van der Waals surface area contributed by atoms with Gasteiger partial charge in [0.1, 0.15) is 0 Å². The van der Waals surface area contributed by atoms with Crippen molar-refractivity contribution >= 4 is 51.8 Å². The summed E-state index contributed by atoms with van der Waals surface area (Å²) in [6, 6.07) is 7.26. The number of carbonyl (C=O) groups is 1. The Bertz CT molecular complexity index is 613. The lowest BCUT2D eigenvalue weighted by molar-refractivity contribution is -0.111. The normalized spacial score (nSPS) is 10.8. The summed E-state index contributed by atoms with van der Waals surface area (Å²) in [4.78, 5) is 11.7. The van der Waals surface area contributed by atoms with E-state index < -0.39 is 0 Å². The molecule has 0 aliphatic heterocycles. The van der Waals surface area contributed by atoms with Gasteiger partial charge in [-0.2, -0.15) is 0 Å². The van der Waals surface area contributed by atoms with Crippen LogP contribution in [-0.4, -0.2) is 22.4 Å². The summed E-state index contributed by atoms with van der Waals surface area (Å²) in [7, 11) is 0. The molecule has 0 aliphatic rings. The van der Waals surface area contributed by atoms with Gasteiger partial charge in [0.25, 0.3) is 0 Å². The first-order chi connectivity index (χ1) is 9.17. The van der Waals surface area contributed by atoms with Crippen molar-refractivity contribution in [3.8, 4) is 0 Å². The zero-order chi connectivity index (χ0) is 13.7. The minimum Gasteiger partial charge on any atom is -0.297 e. The van der Waals surface area contributed by atoms with E-state index in [1.807, 2.05) is 18.4 Å². The van der Waals surface area contributed by atoms with E-state index in [2.05, 4.69) is 15.5 Å². The van der Waals surface area contributed by atoms with Crippen LogP contribution in [0.25, 0.3) is 6.08 Å². The predicted molar refractivity (Wildman–Crippen MR) is 80.8 cm³/mol. The van der Waals surface area contributed by atoms with Crippen molar-refractivity contribution < 1.29 is 4.79 Å². The number of rotatable bonds is 4. The molecule has 0 spiro atoms. The highest BCUT2D eigenvalue weighted by atomic mass is 35.5. The Morgan fingerprint density at radius 2 is 2.32 bits per heavy atom. The molecular formula is C12H10ClN3OS2. The van der Waals surface area contributed by atoms with E-state index in [-0.39, 0.29) is 5.91 Å². The topological polar surface area (TPSA) is 54.9 Å². The molecule has 0 saturated carbocycles. The second-order valence-corrected chi connectivity index (χ2v) is 5.92. The van der Waals surface area contributed by atoms with E-state index in [9.17, 15) is 4.79 Å². The number of benzene rings is 1. The van der Waals surface area contributed by atoms with Crippen LogP contribution < -0.4 is 5.32 Å². The van der Waals surface area contributed by atoms with Crippen LogP contribution >= 0.6 is 34.7 Å². The lowest BCUT2D eigenvalue weighted by Gasteiger charge is -1.95. The van der Waals surface area contributed by atoms with Crippen molar-refractivity contribution in [2.75, 3.05) is 11.6 Å². The molecule has 7 heteroatoms. The SMILES string of the molecule is CSc1nnc(NC(=O)/C=C/c2cccc(Cl)c2)s1. The third kappa shape index (κ3) is 4.34. The smallest absolute Gasteiger partial charge is 0.250 e. The van der Waals surface area contributed by atoms with E-state index in [4.69, 9.17) is 11.6 Å². The van der Waals surface area contributed by atoms with Crippen LogP contribution in [0.3, 0.4) is 0 Å². The molecule has 0 fully saturated rings. The van der Waals surface area contributed by atoms with Crippen molar-refractivity contribution in [1.29, 1.82) is 0 Å². The van der Waals surface area contributed by atoms with Crippen LogP contribution in [-0.2, 0) is 4.79 Å². The predicted octanol–water partition coefficient (Wildman–Crippen LogP) is 3.57. The zero-order valence-electron chi connectivity index (χ0n) is 9.96. The fourth-order valence-corrected chi connectivity index (χ4v) is 2.64. The van der Waals surface area contributed by atoms with Crippen LogP contribution in [0, 0.1) is 0 Å². The number of hydrogen-bond acceptors (Lipinski definition) is 5. The van der Waals surface area contributed by atoms with Crippen molar-refractivity contribution in [3.05, 3.63) is 40.9 Å². The average Bonchev–Trinajstić information content (AvgIpc) is 2.84. The average molecular weight is 312 g/mol. The molecule has 4 nitrogen and oxygen atoms in total. The monoisotopic (exact) mass is 311 g/mol. The fraction of sp³-hybridized carbons (Fsp3) is 0.0833. The first-order valence-electron chi connectivity index (χ1n) is 5.29. The van der Waals surface area contributed by atoms with Gasteiger partial charge in [0.15, 0.2) is 4.34 Å². The van der Waals surface area contributed by atoms with E-state index in [1.54, 1.807) is 18.2 Å². The largest absolute Gasteiger partial charge is 0.297 e. The van der Waals surface area contributed by atoms with Gasteiger partial charge in [-0.05, 0) is 30.0 Å². The van der Waals surface area contributed by atoms with E-state index in [1.165, 1.54) is 29.2 Å². The fourth-order valence-electron chi connectivity index (χ4n) is 1.27. The van der Waals surface area contributed by atoms with Gasteiger partial charge in [-0.25, -0.2) is 0 Å². The third-order valence-electron chi connectivity index (χ3n) is 2.09. The molecule has 0 bridgehead atoms. The molecule has 0 aliphatic carbocycles. The first kappa shape index (κ1) is 14.0. The number of thioether (sulfide) groups is 1. The Morgan fingerprint density at radius 3 is 3.00 bits per heavy atom. The molecule has 1 aromatic heterocycles. The van der Waals surface area contributed by atoms with E-state index in [0.717, 1.165) is 9.90 Å². The Hall–Kier alpha value is -1.37. The number of nitrogens with zero attached hydrogens (tertiary/aromatic N) is 2. The number of aromatic nitrogens is 2. The molecule has 0 radical (unpaired) electrons. The van der Waals surface area contributed by atoms with Gasteiger partial charge in [0, 0.05) is 11.1 Å². The molecular weight excluding hydrogens is 302 g/mol. The van der Waals surface area contributed by atoms with Crippen LogP contribution in [0.4, 0.5) is 5.13 Å². The van der Waals surface area contributed by atoms with Gasteiger partial charge in [-0.15, -0.1) is 10.2 Å². The maximum Gasteiger partial charge on any atom is 0.250 e.